The predicted octanol–water partition coefficient (Wildman–Crippen LogP) is 1.89. The van der Waals surface area contributed by atoms with Crippen LogP contribution in [0.3, 0.4) is 0 Å². The van der Waals surface area contributed by atoms with Crippen molar-refractivity contribution in [3.05, 3.63) is 29.8 Å². The fraction of sp³-hybridized carbons (Fsp3) is 0.438. The molecule has 0 saturated carbocycles. The summed E-state index contributed by atoms with van der Waals surface area (Å²) in [6.45, 7) is -1.43. The zero-order valence-electron chi connectivity index (χ0n) is 13.9. The molecule has 0 radical (unpaired) electrons. The summed E-state index contributed by atoms with van der Waals surface area (Å²) in [4.78, 5) is 35.4. The van der Waals surface area contributed by atoms with E-state index in [2.05, 4.69) is 15.4 Å². The van der Waals surface area contributed by atoms with E-state index in [1.807, 2.05) is 0 Å². The number of halogens is 3. The van der Waals surface area contributed by atoms with E-state index in [9.17, 15) is 27.6 Å². The van der Waals surface area contributed by atoms with Gasteiger partial charge in [-0.1, -0.05) is 12.1 Å². The number of rotatable bonds is 5. The monoisotopic (exact) mass is 373 g/mol. The van der Waals surface area contributed by atoms with E-state index in [1.165, 1.54) is 7.11 Å². The Morgan fingerprint density at radius 2 is 1.92 bits per heavy atom. The minimum atomic E-state index is -4.49. The van der Waals surface area contributed by atoms with Gasteiger partial charge in [0.2, 0.25) is 11.8 Å². The van der Waals surface area contributed by atoms with E-state index in [-0.39, 0.29) is 19.5 Å². The average Bonchev–Trinajstić information content (AvgIpc) is 2.93. The Bertz CT molecular complexity index is 676. The summed E-state index contributed by atoms with van der Waals surface area (Å²) in [6, 6.07) is 6.56. The van der Waals surface area contributed by atoms with Crippen LogP contribution in [0.25, 0.3) is 0 Å². The number of amides is 3. The van der Waals surface area contributed by atoms with Crippen LogP contribution in [0.15, 0.2) is 24.3 Å². The van der Waals surface area contributed by atoms with Gasteiger partial charge in [-0.3, -0.25) is 14.9 Å². The second-order valence-corrected chi connectivity index (χ2v) is 5.82. The number of carbonyl (C=O) groups excluding carboxylic acids is 3. The molecule has 2 N–H and O–H groups in total. The van der Waals surface area contributed by atoms with Crippen molar-refractivity contribution in [3.63, 3.8) is 0 Å². The van der Waals surface area contributed by atoms with Crippen LogP contribution in [0, 0.1) is 5.92 Å². The van der Waals surface area contributed by atoms with Crippen LogP contribution in [0.1, 0.15) is 12.0 Å². The van der Waals surface area contributed by atoms with Gasteiger partial charge in [-0.2, -0.15) is 13.2 Å². The summed E-state index contributed by atoms with van der Waals surface area (Å²) in [7, 11) is 1.24. The number of ether oxygens (including phenoxy) is 1. The van der Waals surface area contributed by atoms with Crippen molar-refractivity contribution in [2.75, 3.05) is 25.5 Å². The first-order chi connectivity index (χ1) is 12.2. The number of hydrogen-bond acceptors (Lipinski definition) is 4. The lowest BCUT2D eigenvalue weighted by atomic mass is 10.1. The summed E-state index contributed by atoms with van der Waals surface area (Å²) in [5.41, 5.74) is 1.24. The summed E-state index contributed by atoms with van der Waals surface area (Å²) in [5, 5.41) is 5.08. The van der Waals surface area contributed by atoms with Crippen molar-refractivity contribution < 1.29 is 32.3 Å². The summed E-state index contributed by atoms with van der Waals surface area (Å²) in [5.74, 6) is -1.95. The number of nitrogens with zero attached hydrogens (tertiary/aromatic N) is 1. The van der Waals surface area contributed by atoms with Crippen molar-refractivity contribution in [1.29, 1.82) is 0 Å². The molecule has 142 valence electrons. The number of anilines is 1. The predicted molar refractivity (Wildman–Crippen MR) is 85.1 cm³/mol. The Kier molecular flexibility index (Phi) is 6.06. The zero-order chi connectivity index (χ0) is 19.3. The van der Waals surface area contributed by atoms with Crippen molar-refractivity contribution >= 4 is 23.6 Å². The lowest BCUT2D eigenvalue weighted by molar-refractivity contribution is -0.157. The molecule has 0 spiro atoms. The Morgan fingerprint density at radius 3 is 2.50 bits per heavy atom. The van der Waals surface area contributed by atoms with Crippen LogP contribution in [0.5, 0.6) is 0 Å². The van der Waals surface area contributed by atoms with E-state index in [4.69, 9.17) is 0 Å². The van der Waals surface area contributed by atoms with E-state index < -0.39 is 36.5 Å². The molecule has 0 bridgehead atoms. The third-order valence-corrected chi connectivity index (χ3v) is 3.81. The van der Waals surface area contributed by atoms with Crippen LogP contribution >= 0.6 is 0 Å². The topological polar surface area (TPSA) is 87.7 Å². The Hall–Kier alpha value is -2.78. The first kappa shape index (κ1) is 19.5. The zero-order valence-corrected chi connectivity index (χ0v) is 13.9. The molecule has 26 heavy (non-hydrogen) atoms. The quantitative estimate of drug-likeness (QED) is 0.825. The van der Waals surface area contributed by atoms with Gasteiger partial charge in [0.1, 0.15) is 6.54 Å². The molecule has 0 aliphatic carbocycles. The minimum Gasteiger partial charge on any atom is -0.453 e. The number of alkyl halides is 3. The maximum Gasteiger partial charge on any atom is 0.411 e. The van der Waals surface area contributed by atoms with Crippen molar-refractivity contribution in [1.82, 2.24) is 10.2 Å². The highest BCUT2D eigenvalue weighted by Crippen LogP contribution is 2.24. The van der Waals surface area contributed by atoms with E-state index in [1.54, 1.807) is 24.3 Å². The lowest BCUT2D eigenvalue weighted by Gasteiger charge is -2.18. The number of likely N-dealkylation sites (tertiary alicyclic amines) is 1. The van der Waals surface area contributed by atoms with Gasteiger partial charge in [0, 0.05) is 25.2 Å². The van der Waals surface area contributed by atoms with Crippen LogP contribution in [-0.4, -0.2) is 49.2 Å². The highest BCUT2D eigenvalue weighted by atomic mass is 19.4. The van der Waals surface area contributed by atoms with Crippen molar-refractivity contribution in [2.24, 2.45) is 5.92 Å². The van der Waals surface area contributed by atoms with Gasteiger partial charge in [-0.15, -0.1) is 0 Å². The second kappa shape index (κ2) is 8.07. The highest BCUT2D eigenvalue weighted by Gasteiger charge is 2.40. The van der Waals surface area contributed by atoms with Crippen LogP contribution in [-0.2, 0) is 20.9 Å². The second-order valence-electron chi connectivity index (χ2n) is 5.82. The molecule has 1 unspecified atom stereocenters. The standard InChI is InChI=1S/C16H18F3N3O4/c1-26-15(25)21-12-4-2-10(3-5-12)7-20-14(24)11-6-13(23)22(8-11)9-16(17,18)19/h2-5,11H,6-9H2,1H3,(H,20,24)(H,21,25). The number of nitrogens with one attached hydrogen (secondary N) is 2. The lowest BCUT2D eigenvalue weighted by Crippen LogP contribution is -2.37. The van der Waals surface area contributed by atoms with Gasteiger partial charge in [0.05, 0.1) is 13.0 Å². The smallest absolute Gasteiger partial charge is 0.411 e. The highest BCUT2D eigenvalue weighted by molar-refractivity contribution is 5.89. The molecule has 1 atom stereocenters. The molecule has 1 saturated heterocycles. The molecule has 1 aliphatic rings. The van der Waals surface area contributed by atoms with E-state index in [0.717, 1.165) is 5.56 Å². The fourth-order valence-electron chi connectivity index (χ4n) is 2.53. The minimum absolute atomic E-state index is 0.154. The van der Waals surface area contributed by atoms with Crippen LogP contribution < -0.4 is 10.6 Å². The molecular weight excluding hydrogens is 355 g/mol. The van der Waals surface area contributed by atoms with Gasteiger partial charge in [0.15, 0.2) is 0 Å². The first-order valence-electron chi connectivity index (χ1n) is 7.74. The molecule has 1 aromatic carbocycles. The molecule has 3 amide bonds. The summed E-state index contributed by atoms with van der Waals surface area (Å²) in [6.07, 6.45) is -5.33. The van der Waals surface area contributed by atoms with E-state index in [0.29, 0.717) is 10.6 Å². The molecule has 2 rings (SSSR count). The molecule has 10 heteroatoms. The average molecular weight is 373 g/mol. The molecule has 7 nitrogen and oxygen atoms in total. The van der Waals surface area contributed by atoms with Gasteiger partial charge >= 0.3 is 12.3 Å². The third kappa shape index (κ3) is 5.64. The SMILES string of the molecule is COC(=O)Nc1ccc(CNC(=O)C2CC(=O)N(CC(F)(F)F)C2)cc1. The summed E-state index contributed by atoms with van der Waals surface area (Å²) >= 11 is 0. The third-order valence-electron chi connectivity index (χ3n) is 3.81. The molecule has 1 aromatic rings. The number of benzene rings is 1. The molecular formula is C16H18F3N3O4. The van der Waals surface area contributed by atoms with Crippen LogP contribution in [0.4, 0.5) is 23.7 Å². The number of methoxy groups -OCH3 is 1. The van der Waals surface area contributed by atoms with Gasteiger partial charge in [-0.05, 0) is 17.7 Å². The maximum absolute atomic E-state index is 12.4. The first-order valence-corrected chi connectivity index (χ1v) is 7.74. The fourth-order valence-corrected chi connectivity index (χ4v) is 2.53. The molecule has 1 heterocycles. The van der Waals surface area contributed by atoms with Crippen molar-refractivity contribution in [3.8, 4) is 0 Å². The normalized spacial score (nSPS) is 17.2. The Balaban J connectivity index is 1.83. The largest absolute Gasteiger partial charge is 0.453 e. The maximum atomic E-state index is 12.4. The number of hydrogen-bond donors (Lipinski definition) is 2. The van der Waals surface area contributed by atoms with E-state index >= 15 is 0 Å². The Labute approximate surface area is 147 Å². The molecule has 1 aliphatic heterocycles. The summed E-state index contributed by atoms with van der Waals surface area (Å²) < 4.78 is 41.6. The molecule has 0 aromatic heterocycles. The van der Waals surface area contributed by atoms with Gasteiger partial charge in [0.25, 0.3) is 0 Å². The van der Waals surface area contributed by atoms with Gasteiger partial charge < -0.3 is 15.0 Å². The number of carbonyl (C=O) groups is 3. The van der Waals surface area contributed by atoms with Gasteiger partial charge in [-0.25, -0.2) is 4.79 Å². The van der Waals surface area contributed by atoms with Crippen molar-refractivity contribution in [2.45, 2.75) is 19.1 Å². The Morgan fingerprint density at radius 1 is 1.27 bits per heavy atom. The molecule has 1 fully saturated rings. The van der Waals surface area contributed by atoms with Crippen LogP contribution in [0.2, 0.25) is 0 Å².